The molecule has 1 amide bonds. The standard InChI is InChI=1S/C14H18ClNO4S/c1-9-7-11(3-4-12(9)15)20-10(2)14(19)16-5-6-21-8-13(17)18/h3-4,7,10H,5-6,8H2,1-2H3,(H,16,19)(H,17,18). The third kappa shape index (κ3) is 6.73. The molecular formula is C14H18ClNO4S. The van der Waals surface area contributed by atoms with Crippen LogP contribution in [0.25, 0.3) is 0 Å². The van der Waals surface area contributed by atoms with Crippen LogP contribution in [-0.4, -0.2) is 41.1 Å². The number of halogens is 1. The lowest BCUT2D eigenvalue weighted by molar-refractivity contribution is -0.134. The summed E-state index contributed by atoms with van der Waals surface area (Å²) in [5.74, 6) is 0.0658. The number of carbonyl (C=O) groups is 2. The lowest BCUT2D eigenvalue weighted by Crippen LogP contribution is -2.37. The first-order valence-corrected chi connectivity index (χ1v) is 7.93. The van der Waals surface area contributed by atoms with Gasteiger partial charge in [0.15, 0.2) is 6.10 Å². The Morgan fingerprint density at radius 1 is 1.48 bits per heavy atom. The van der Waals surface area contributed by atoms with Crippen molar-refractivity contribution in [1.29, 1.82) is 0 Å². The van der Waals surface area contributed by atoms with Gasteiger partial charge in [-0.15, -0.1) is 11.8 Å². The van der Waals surface area contributed by atoms with Crippen molar-refractivity contribution in [3.05, 3.63) is 28.8 Å². The summed E-state index contributed by atoms with van der Waals surface area (Å²) in [5.41, 5.74) is 0.881. The third-order valence-electron chi connectivity index (χ3n) is 2.58. The molecule has 0 aromatic heterocycles. The van der Waals surface area contributed by atoms with Gasteiger partial charge in [0.2, 0.25) is 0 Å². The molecule has 1 atom stereocenters. The SMILES string of the molecule is Cc1cc(OC(C)C(=O)NCCSCC(=O)O)ccc1Cl. The summed E-state index contributed by atoms with van der Waals surface area (Å²) < 4.78 is 5.54. The van der Waals surface area contributed by atoms with Gasteiger partial charge in [0.05, 0.1) is 5.75 Å². The normalized spacial score (nSPS) is 11.8. The molecule has 0 saturated heterocycles. The van der Waals surface area contributed by atoms with E-state index >= 15 is 0 Å². The fraction of sp³-hybridized carbons (Fsp3) is 0.429. The van der Waals surface area contributed by atoms with Gasteiger partial charge in [0.25, 0.3) is 5.91 Å². The molecule has 1 rings (SSSR count). The fourth-order valence-corrected chi connectivity index (χ4v) is 2.18. The summed E-state index contributed by atoms with van der Waals surface area (Å²) in [5, 5.41) is 11.8. The number of hydrogen-bond donors (Lipinski definition) is 2. The van der Waals surface area contributed by atoms with Crippen molar-refractivity contribution in [2.75, 3.05) is 18.1 Å². The molecule has 5 nitrogen and oxygen atoms in total. The summed E-state index contributed by atoms with van der Waals surface area (Å²) >= 11 is 7.17. The lowest BCUT2D eigenvalue weighted by Gasteiger charge is -2.15. The predicted octanol–water partition coefficient (Wildman–Crippen LogP) is 2.35. The summed E-state index contributed by atoms with van der Waals surface area (Å²) in [6, 6.07) is 5.20. The van der Waals surface area contributed by atoms with E-state index in [2.05, 4.69) is 5.32 Å². The van der Waals surface area contributed by atoms with Gasteiger partial charge in [-0.2, -0.15) is 0 Å². The van der Waals surface area contributed by atoms with E-state index in [9.17, 15) is 9.59 Å². The van der Waals surface area contributed by atoms with Gasteiger partial charge in [0, 0.05) is 17.3 Å². The van der Waals surface area contributed by atoms with E-state index in [1.54, 1.807) is 25.1 Å². The highest BCUT2D eigenvalue weighted by Gasteiger charge is 2.14. The van der Waals surface area contributed by atoms with Crippen molar-refractivity contribution < 1.29 is 19.4 Å². The Morgan fingerprint density at radius 2 is 2.19 bits per heavy atom. The van der Waals surface area contributed by atoms with Crippen molar-refractivity contribution in [1.82, 2.24) is 5.32 Å². The summed E-state index contributed by atoms with van der Waals surface area (Å²) in [6.45, 7) is 3.92. The van der Waals surface area contributed by atoms with Crippen LogP contribution >= 0.6 is 23.4 Å². The minimum absolute atomic E-state index is 0.0337. The molecular weight excluding hydrogens is 314 g/mol. The smallest absolute Gasteiger partial charge is 0.313 e. The Morgan fingerprint density at radius 3 is 2.81 bits per heavy atom. The number of carboxylic acids is 1. The van der Waals surface area contributed by atoms with Crippen molar-refractivity contribution in [2.45, 2.75) is 20.0 Å². The highest BCUT2D eigenvalue weighted by Crippen LogP contribution is 2.21. The number of carbonyl (C=O) groups excluding carboxylic acids is 1. The molecule has 0 aliphatic heterocycles. The van der Waals surface area contributed by atoms with Crippen LogP contribution in [-0.2, 0) is 9.59 Å². The summed E-state index contributed by atoms with van der Waals surface area (Å²) in [6.07, 6.45) is -0.630. The quantitative estimate of drug-likeness (QED) is 0.715. The van der Waals surface area contributed by atoms with Crippen LogP contribution in [0.4, 0.5) is 0 Å². The molecule has 0 heterocycles. The minimum Gasteiger partial charge on any atom is -0.481 e. The molecule has 21 heavy (non-hydrogen) atoms. The van der Waals surface area contributed by atoms with E-state index in [1.165, 1.54) is 11.8 Å². The van der Waals surface area contributed by atoms with Crippen molar-refractivity contribution >= 4 is 35.2 Å². The molecule has 0 fully saturated rings. The second kappa shape index (κ2) is 8.79. The average Bonchev–Trinajstić information content (AvgIpc) is 2.42. The van der Waals surface area contributed by atoms with Crippen LogP contribution in [0, 0.1) is 6.92 Å². The molecule has 7 heteroatoms. The number of carboxylic acid groups (broad SMARTS) is 1. The molecule has 0 radical (unpaired) electrons. The van der Waals surface area contributed by atoms with E-state index < -0.39 is 12.1 Å². The van der Waals surface area contributed by atoms with Crippen LogP contribution in [0.2, 0.25) is 5.02 Å². The Kier molecular flexibility index (Phi) is 7.39. The molecule has 0 aliphatic rings. The van der Waals surface area contributed by atoms with Gasteiger partial charge in [-0.25, -0.2) is 0 Å². The zero-order valence-electron chi connectivity index (χ0n) is 11.9. The van der Waals surface area contributed by atoms with Crippen molar-refractivity contribution in [3.8, 4) is 5.75 Å². The Bertz CT molecular complexity index is 510. The first-order valence-electron chi connectivity index (χ1n) is 6.40. The maximum absolute atomic E-state index is 11.8. The summed E-state index contributed by atoms with van der Waals surface area (Å²) in [4.78, 5) is 22.1. The van der Waals surface area contributed by atoms with Gasteiger partial charge < -0.3 is 15.2 Å². The summed E-state index contributed by atoms with van der Waals surface area (Å²) in [7, 11) is 0. The molecule has 116 valence electrons. The molecule has 1 unspecified atom stereocenters. The fourth-order valence-electron chi connectivity index (χ4n) is 1.50. The second-order valence-corrected chi connectivity index (χ2v) is 5.92. The van der Waals surface area contributed by atoms with E-state index in [0.29, 0.717) is 23.1 Å². The Hall–Kier alpha value is -1.40. The molecule has 0 spiro atoms. The van der Waals surface area contributed by atoms with Crippen LogP contribution in [0.15, 0.2) is 18.2 Å². The predicted molar refractivity (Wildman–Crippen MR) is 84.2 cm³/mol. The number of amides is 1. The van der Waals surface area contributed by atoms with Gasteiger partial charge in [-0.1, -0.05) is 11.6 Å². The number of thioether (sulfide) groups is 1. The van der Waals surface area contributed by atoms with Gasteiger partial charge >= 0.3 is 5.97 Å². The molecule has 2 N–H and O–H groups in total. The topological polar surface area (TPSA) is 75.6 Å². The number of rotatable bonds is 8. The van der Waals surface area contributed by atoms with Crippen LogP contribution in [0.5, 0.6) is 5.75 Å². The highest BCUT2D eigenvalue weighted by atomic mass is 35.5. The molecule has 1 aromatic carbocycles. The zero-order chi connectivity index (χ0) is 15.8. The Balaban J connectivity index is 2.33. The number of aliphatic carboxylic acids is 1. The minimum atomic E-state index is -0.860. The molecule has 0 bridgehead atoms. The molecule has 0 saturated carbocycles. The van der Waals surface area contributed by atoms with E-state index in [-0.39, 0.29) is 11.7 Å². The zero-order valence-corrected chi connectivity index (χ0v) is 13.5. The van der Waals surface area contributed by atoms with Crippen LogP contribution in [0.1, 0.15) is 12.5 Å². The lowest BCUT2D eigenvalue weighted by atomic mass is 10.2. The van der Waals surface area contributed by atoms with Gasteiger partial charge in [-0.05, 0) is 37.6 Å². The number of nitrogens with one attached hydrogen (secondary N) is 1. The Labute approximate surface area is 133 Å². The maximum atomic E-state index is 11.8. The van der Waals surface area contributed by atoms with E-state index in [1.807, 2.05) is 6.92 Å². The largest absolute Gasteiger partial charge is 0.481 e. The molecule has 0 aliphatic carbocycles. The van der Waals surface area contributed by atoms with Crippen LogP contribution in [0.3, 0.4) is 0 Å². The van der Waals surface area contributed by atoms with E-state index in [0.717, 1.165) is 5.56 Å². The van der Waals surface area contributed by atoms with Crippen molar-refractivity contribution in [3.63, 3.8) is 0 Å². The van der Waals surface area contributed by atoms with Gasteiger partial charge in [-0.3, -0.25) is 9.59 Å². The van der Waals surface area contributed by atoms with Crippen LogP contribution < -0.4 is 10.1 Å². The highest BCUT2D eigenvalue weighted by molar-refractivity contribution is 7.99. The number of aryl methyl sites for hydroxylation is 1. The second-order valence-electron chi connectivity index (χ2n) is 4.41. The average molecular weight is 332 g/mol. The third-order valence-corrected chi connectivity index (χ3v) is 3.95. The molecule has 1 aromatic rings. The number of hydrogen-bond acceptors (Lipinski definition) is 4. The maximum Gasteiger partial charge on any atom is 0.313 e. The number of benzene rings is 1. The monoisotopic (exact) mass is 331 g/mol. The van der Waals surface area contributed by atoms with Crippen molar-refractivity contribution in [2.24, 2.45) is 0 Å². The first kappa shape index (κ1) is 17.7. The number of ether oxygens (including phenoxy) is 1. The first-order chi connectivity index (χ1) is 9.90. The van der Waals surface area contributed by atoms with Gasteiger partial charge in [0.1, 0.15) is 5.75 Å². The van der Waals surface area contributed by atoms with E-state index in [4.69, 9.17) is 21.4 Å².